The van der Waals surface area contributed by atoms with Gasteiger partial charge < -0.3 is 14.6 Å². The van der Waals surface area contributed by atoms with Crippen molar-refractivity contribution in [2.24, 2.45) is 7.05 Å². The molecule has 2 aromatic rings. The number of aryl methyl sites for hydroxylation is 2. The summed E-state index contributed by atoms with van der Waals surface area (Å²) < 4.78 is 7.53. The Morgan fingerprint density at radius 3 is 2.79 bits per heavy atom. The minimum Gasteiger partial charge on any atom is -0.496 e. The first-order valence-corrected chi connectivity index (χ1v) is 6.51. The van der Waals surface area contributed by atoms with E-state index in [-0.39, 0.29) is 6.04 Å². The number of rotatable bonds is 5. The van der Waals surface area contributed by atoms with E-state index in [4.69, 9.17) is 4.74 Å². The summed E-state index contributed by atoms with van der Waals surface area (Å²) in [6, 6.07) is 6.34. The van der Waals surface area contributed by atoms with Gasteiger partial charge in [-0.2, -0.15) is 0 Å². The van der Waals surface area contributed by atoms with E-state index in [0.717, 1.165) is 23.6 Å². The number of nitrogens with one attached hydrogen (secondary N) is 1. The second kappa shape index (κ2) is 5.89. The maximum Gasteiger partial charge on any atom is 0.124 e. The Balaban J connectivity index is 2.50. The van der Waals surface area contributed by atoms with E-state index < -0.39 is 0 Å². The van der Waals surface area contributed by atoms with Crippen LogP contribution in [0.3, 0.4) is 0 Å². The fraction of sp³-hybridized carbons (Fsp3) is 0.400. The van der Waals surface area contributed by atoms with Crippen LogP contribution in [0.2, 0.25) is 0 Å². The molecule has 1 aromatic carbocycles. The number of aromatic nitrogens is 2. The Bertz CT molecular complexity index is 548. The van der Waals surface area contributed by atoms with Gasteiger partial charge in [-0.05, 0) is 19.5 Å². The van der Waals surface area contributed by atoms with Crippen LogP contribution < -0.4 is 10.1 Å². The molecule has 1 heterocycles. The number of ether oxygens (including phenoxy) is 1. The van der Waals surface area contributed by atoms with Crippen LogP contribution in [0.5, 0.6) is 5.75 Å². The monoisotopic (exact) mass is 259 g/mol. The zero-order valence-corrected chi connectivity index (χ0v) is 12.0. The van der Waals surface area contributed by atoms with Crippen LogP contribution in [-0.4, -0.2) is 23.2 Å². The quantitative estimate of drug-likeness (QED) is 0.896. The molecule has 0 aliphatic carbocycles. The van der Waals surface area contributed by atoms with Crippen LogP contribution >= 0.6 is 0 Å². The van der Waals surface area contributed by atoms with E-state index >= 15 is 0 Å². The molecule has 0 saturated heterocycles. The molecule has 4 heteroatoms. The van der Waals surface area contributed by atoms with Gasteiger partial charge >= 0.3 is 0 Å². The predicted molar refractivity (Wildman–Crippen MR) is 76.5 cm³/mol. The van der Waals surface area contributed by atoms with Gasteiger partial charge in [0.2, 0.25) is 0 Å². The van der Waals surface area contributed by atoms with Gasteiger partial charge in [-0.3, -0.25) is 0 Å². The first-order chi connectivity index (χ1) is 9.17. The summed E-state index contributed by atoms with van der Waals surface area (Å²) in [6.07, 6.45) is 3.72. The fourth-order valence-corrected chi connectivity index (χ4v) is 2.30. The molecule has 0 spiro atoms. The third-order valence-corrected chi connectivity index (χ3v) is 3.25. The molecule has 2 rings (SSSR count). The van der Waals surface area contributed by atoms with Crippen molar-refractivity contribution in [1.29, 1.82) is 0 Å². The van der Waals surface area contributed by atoms with Crippen molar-refractivity contribution < 1.29 is 4.74 Å². The summed E-state index contributed by atoms with van der Waals surface area (Å²) in [6.45, 7) is 5.08. The van der Waals surface area contributed by atoms with E-state index in [1.54, 1.807) is 7.11 Å². The highest BCUT2D eigenvalue weighted by atomic mass is 16.5. The van der Waals surface area contributed by atoms with Gasteiger partial charge in [0.05, 0.1) is 31.4 Å². The maximum absolute atomic E-state index is 5.50. The highest BCUT2D eigenvalue weighted by Gasteiger charge is 2.20. The van der Waals surface area contributed by atoms with Crippen molar-refractivity contribution in [2.45, 2.75) is 19.9 Å². The third kappa shape index (κ3) is 2.79. The second-order valence-electron chi connectivity index (χ2n) is 4.67. The molecule has 0 saturated carbocycles. The lowest BCUT2D eigenvalue weighted by Crippen LogP contribution is -2.24. The molecule has 0 amide bonds. The van der Waals surface area contributed by atoms with Crippen LogP contribution in [0.25, 0.3) is 0 Å². The van der Waals surface area contributed by atoms with Crippen LogP contribution in [0, 0.1) is 6.92 Å². The smallest absolute Gasteiger partial charge is 0.124 e. The van der Waals surface area contributed by atoms with Gasteiger partial charge in [-0.1, -0.05) is 24.6 Å². The molecule has 0 radical (unpaired) electrons. The van der Waals surface area contributed by atoms with Gasteiger partial charge in [-0.25, -0.2) is 4.98 Å². The highest BCUT2D eigenvalue weighted by Crippen LogP contribution is 2.30. The average molecular weight is 259 g/mol. The first-order valence-electron chi connectivity index (χ1n) is 6.51. The molecule has 0 aliphatic heterocycles. The number of hydrogen-bond donors (Lipinski definition) is 1. The molecule has 4 nitrogen and oxygen atoms in total. The van der Waals surface area contributed by atoms with E-state index in [1.165, 1.54) is 5.56 Å². The lowest BCUT2D eigenvalue weighted by Gasteiger charge is -2.21. The minimum atomic E-state index is 0.0901. The van der Waals surface area contributed by atoms with Crippen LogP contribution in [0.1, 0.15) is 29.8 Å². The Kier molecular flexibility index (Phi) is 4.22. The normalized spacial score (nSPS) is 12.4. The average Bonchev–Trinajstić information content (AvgIpc) is 2.82. The van der Waals surface area contributed by atoms with Gasteiger partial charge in [0.15, 0.2) is 0 Å². The summed E-state index contributed by atoms with van der Waals surface area (Å²) in [5.41, 5.74) is 3.50. The zero-order chi connectivity index (χ0) is 13.8. The molecular formula is C15H21N3O. The molecule has 1 unspecified atom stereocenters. The lowest BCUT2D eigenvalue weighted by atomic mass is 10.0. The number of benzene rings is 1. The number of methoxy groups -OCH3 is 1. The molecule has 1 atom stereocenters. The van der Waals surface area contributed by atoms with Crippen molar-refractivity contribution in [2.75, 3.05) is 13.7 Å². The lowest BCUT2D eigenvalue weighted by molar-refractivity contribution is 0.403. The Morgan fingerprint density at radius 2 is 2.21 bits per heavy atom. The van der Waals surface area contributed by atoms with Gasteiger partial charge in [0.1, 0.15) is 5.75 Å². The largest absolute Gasteiger partial charge is 0.496 e. The fourth-order valence-electron chi connectivity index (χ4n) is 2.30. The molecule has 1 aromatic heterocycles. The van der Waals surface area contributed by atoms with Crippen LogP contribution in [0.15, 0.2) is 30.7 Å². The van der Waals surface area contributed by atoms with Gasteiger partial charge in [-0.15, -0.1) is 0 Å². The van der Waals surface area contributed by atoms with Gasteiger partial charge in [0, 0.05) is 12.6 Å². The molecule has 0 fully saturated rings. The van der Waals surface area contributed by atoms with Crippen molar-refractivity contribution >= 4 is 0 Å². The summed E-state index contributed by atoms with van der Waals surface area (Å²) in [5, 5.41) is 3.50. The SMILES string of the molecule is CCNC(c1cc(C)ccc1OC)c1cncn1C. The summed E-state index contributed by atoms with van der Waals surface area (Å²) in [7, 11) is 3.72. The zero-order valence-electron chi connectivity index (χ0n) is 12.0. The highest BCUT2D eigenvalue weighted by molar-refractivity contribution is 5.42. The summed E-state index contributed by atoms with van der Waals surface area (Å²) in [4.78, 5) is 4.21. The van der Waals surface area contributed by atoms with Crippen molar-refractivity contribution in [3.05, 3.63) is 47.5 Å². The van der Waals surface area contributed by atoms with E-state index in [1.807, 2.05) is 30.2 Å². The van der Waals surface area contributed by atoms with Crippen LogP contribution in [-0.2, 0) is 7.05 Å². The predicted octanol–water partition coefficient (Wildman–Crippen LogP) is 2.44. The number of nitrogens with zero attached hydrogens (tertiary/aromatic N) is 2. The Hall–Kier alpha value is -1.81. The minimum absolute atomic E-state index is 0.0901. The molecular weight excluding hydrogens is 238 g/mol. The van der Waals surface area contributed by atoms with Crippen molar-refractivity contribution in [3.63, 3.8) is 0 Å². The second-order valence-corrected chi connectivity index (χ2v) is 4.67. The third-order valence-electron chi connectivity index (χ3n) is 3.25. The van der Waals surface area contributed by atoms with Crippen molar-refractivity contribution in [1.82, 2.24) is 14.9 Å². The standard InChI is InChI=1S/C15H21N3O/c1-5-17-15(13-9-16-10-18(13)3)12-8-11(2)6-7-14(12)19-4/h6-10,15,17H,5H2,1-4H3. The first kappa shape index (κ1) is 13.6. The number of imidazole rings is 1. The Morgan fingerprint density at radius 1 is 1.42 bits per heavy atom. The molecule has 0 aliphatic rings. The van der Waals surface area contributed by atoms with E-state index in [9.17, 15) is 0 Å². The molecule has 1 N–H and O–H groups in total. The van der Waals surface area contributed by atoms with Gasteiger partial charge in [0.25, 0.3) is 0 Å². The van der Waals surface area contributed by atoms with E-state index in [0.29, 0.717) is 0 Å². The summed E-state index contributed by atoms with van der Waals surface area (Å²) in [5.74, 6) is 0.901. The van der Waals surface area contributed by atoms with E-state index in [2.05, 4.69) is 36.3 Å². The van der Waals surface area contributed by atoms with Crippen molar-refractivity contribution in [3.8, 4) is 5.75 Å². The van der Waals surface area contributed by atoms with Crippen LogP contribution in [0.4, 0.5) is 0 Å². The molecule has 102 valence electrons. The maximum atomic E-state index is 5.50. The molecule has 0 bridgehead atoms. The Labute approximate surface area is 114 Å². The topological polar surface area (TPSA) is 39.1 Å². The molecule has 19 heavy (non-hydrogen) atoms. The number of hydrogen-bond acceptors (Lipinski definition) is 3. The summed E-state index contributed by atoms with van der Waals surface area (Å²) >= 11 is 0.